The highest BCUT2D eigenvalue weighted by Gasteiger charge is 2.57. The van der Waals surface area contributed by atoms with Gasteiger partial charge in [-0.1, -0.05) is 18.2 Å². The van der Waals surface area contributed by atoms with Crippen LogP contribution in [0.5, 0.6) is 0 Å². The second-order valence-electron chi connectivity index (χ2n) is 13.2. The van der Waals surface area contributed by atoms with Crippen LogP contribution >= 0.6 is 0 Å². The number of carboxylic acid groups (broad SMARTS) is 1. The molecule has 0 aromatic rings. The molecule has 0 aromatic carbocycles. The van der Waals surface area contributed by atoms with E-state index in [1.807, 2.05) is 0 Å². The largest absolute Gasteiger partial charge is 0.478 e. The van der Waals surface area contributed by atoms with Crippen LogP contribution in [-0.4, -0.2) is 155 Å². The normalized spacial score (nSPS) is 29.1. The number of aliphatic imine (C=N–C) groups is 1. The molecular formula is C35H53N5O14. The molecule has 1 saturated carbocycles. The summed E-state index contributed by atoms with van der Waals surface area (Å²) in [4.78, 5) is 31.9. The number of guanidine groups is 1. The van der Waals surface area contributed by atoms with Crippen LogP contribution < -0.4 is 16.4 Å². The van der Waals surface area contributed by atoms with Crippen molar-refractivity contribution in [2.24, 2.45) is 22.6 Å². The van der Waals surface area contributed by atoms with Crippen LogP contribution in [0.15, 0.2) is 64.7 Å². The number of ether oxygens (including phenoxy) is 5. The molecule has 3 heterocycles. The molecule has 0 spiro atoms. The zero-order valence-electron chi connectivity index (χ0n) is 30.2. The number of nitrogens with two attached hydrogens (primary N) is 1. The number of aliphatic hydroxyl groups is 6. The summed E-state index contributed by atoms with van der Waals surface area (Å²) in [5.74, 6) is -6.80. The summed E-state index contributed by atoms with van der Waals surface area (Å²) in [5, 5.41) is 76.7. The van der Waals surface area contributed by atoms with Gasteiger partial charge in [0.25, 0.3) is 0 Å². The third-order valence-corrected chi connectivity index (χ3v) is 9.37. The zero-order valence-corrected chi connectivity index (χ0v) is 30.2. The first-order valence-electron chi connectivity index (χ1n) is 17.8. The summed E-state index contributed by atoms with van der Waals surface area (Å²) in [7, 11) is 1.54. The highest BCUT2D eigenvalue weighted by atomic mass is 16.8. The molecule has 19 nitrogen and oxygen atoms in total. The van der Waals surface area contributed by atoms with Crippen molar-refractivity contribution < 1.29 is 69.0 Å². The lowest BCUT2D eigenvalue weighted by Gasteiger charge is -2.47. The van der Waals surface area contributed by atoms with Crippen molar-refractivity contribution in [3.05, 3.63) is 59.7 Å². The summed E-state index contributed by atoms with van der Waals surface area (Å²) in [6, 6.07) is 0. The quantitative estimate of drug-likeness (QED) is 0.0178. The number of carbonyl (C=O) groups is 2. The molecule has 1 saturated heterocycles. The Labute approximate surface area is 312 Å². The van der Waals surface area contributed by atoms with Crippen molar-refractivity contribution in [3.63, 3.8) is 0 Å². The van der Waals surface area contributed by atoms with E-state index in [1.54, 1.807) is 23.3 Å². The molecule has 54 heavy (non-hydrogen) atoms. The van der Waals surface area contributed by atoms with Gasteiger partial charge in [-0.15, -0.1) is 6.58 Å². The van der Waals surface area contributed by atoms with Gasteiger partial charge in [-0.25, -0.2) is 9.59 Å². The zero-order chi connectivity index (χ0) is 39.4. The first-order valence-corrected chi connectivity index (χ1v) is 17.8. The molecule has 3 aliphatic heterocycles. The fourth-order valence-corrected chi connectivity index (χ4v) is 6.55. The second-order valence-corrected chi connectivity index (χ2v) is 13.2. The number of nitrogens with zero attached hydrogens (tertiary/aromatic N) is 2. The number of carbonyl (C=O) groups excluding carboxylic acids is 1. The maximum Gasteiger partial charge on any atom is 0.338 e. The maximum absolute atomic E-state index is 13.7. The molecule has 4 aliphatic rings. The fraction of sp³-hybridized carbons (Fsp3) is 0.629. The number of hydrogen-bond acceptors (Lipinski definition) is 16. The van der Waals surface area contributed by atoms with Gasteiger partial charge in [0.15, 0.2) is 18.4 Å². The smallest absolute Gasteiger partial charge is 0.338 e. The van der Waals surface area contributed by atoms with Crippen molar-refractivity contribution in [3.8, 4) is 0 Å². The van der Waals surface area contributed by atoms with Crippen LogP contribution in [0, 0.1) is 11.8 Å². The van der Waals surface area contributed by atoms with Crippen molar-refractivity contribution in [1.29, 1.82) is 0 Å². The van der Waals surface area contributed by atoms with E-state index < -0.39 is 67.1 Å². The Morgan fingerprint density at radius 3 is 2.56 bits per heavy atom. The molecule has 1 aliphatic carbocycles. The Kier molecular flexibility index (Phi) is 16.0. The Morgan fingerprint density at radius 2 is 1.93 bits per heavy atom. The Bertz CT molecular complexity index is 1460. The molecule has 0 bridgehead atoms. The second kappa shape index (κ2) is 20.1. The number of aliphatic carboxylic acids is 1. The van der Waals surface area contributed by atoms with E-state index in [2.05, 4.69) is 22.2 Å². The number of β-amino-alcohol motifs (C(OH)–C–C–N with tert-alkyl or cyclic N) is 1. The number of esters is 1. The summed E-state index contributed by atoms with van der Waals surface area (Å²) >= 11 is 0. The van der Waals surface area contributed by atoms with Gasteiger partial charge in [0.1, 0.15) is 18.3 Å². The standard InChI is InChI=1S/C35H53N5O14/c1-3-22-23(10-9-20-15-40(12-14-42)16-24(30(45)46)27(20)39-34(36)38-11-6-13-41)25(31(47)52-21-7-4-5-8-21)18-50-32(22)54-33-29(51-19-37-2)35(48,49)28(44)26(17-43)53-33/h3,9-10,15,18,21-23,26,28-29,32-33,37,41-44,48-49H,1,4-8,11-14,16-17,19H2,2H3,(H,45,46)(H3,36,38,39). The van der Waals surface area contributed by atoms with Gasteiger partial charge in [0.05, 0.1) is 55.5 Å². The van der Waals surface area contributed by atoms with Crippen LogP contribution in [0.3, 0.4) is 0 Å². The Hall–Kier alpha value is -3.89. The maximum atomic E-state index is 13.7. The molecule has 19 heteroatoms. The van der Waals surface area contributed by atoms with E-state index in [4.69, 9.17) is 34.5 Å². The lowest BCUT2D eigenvalue weighted by Crippen LogP contribution is -2.69. The number of aliphatic hydroxyl groups excluding tert-OH is 4. The average molecular weight is 768 g/mol. The highest BCUT2D eigenvalue weighted by molar-refractivity contribution is 5.92. The lowest BCUT2D eigenvalue weighted by atomic mass is 9.83. The SMILES string of the molecule is C=CC1C(OC2OC(CO)C(O)C(O)(O)C2OCNC)OC=C(C(=O)OC2CCCC2)C1C=CC1=CN(CCO)CC(C(=O)O)=C1NC(N)=NCCCO. The fourth-order valence-electron chi connectivity index (χ4n) is 6.55. The predicted octanol–water partition coefficient (Wildman–Crippen LogP) is -2.16. The average Bonchev–Trinajstić information content (AvgIpc) is 3.65. The van der Waals surface area contributed by atoms with E-state index in [0.29, 0.717) is 24.8 Å². The van der Waals surface area contributed by atoms with Crippen LogP contribution in [-0.2, 0) is 33.3 Å². The van der Waals surface area contributed by atoms with Crippen LogP contribution in [0.25, 0.3) is 0 Å². The highest BCUT2D eigenvalue weighted by Crippen LogP contribution is 2.39. The molecule has 0 aromatic heterocycles. The van der Waals surface area contributed by atoms with E-state index in [-0.39, 0.29) is 68.5 Å². The number of allylic oxidation sites excluding steroid dienone is 2. The van der Waals surface area contributed by atoms with E-state index in [1.165, 1.54) is 13.1 Å². The minimum absolute atomic E-state index is 0.0726. The number of nitrogens with one attached hydrogen (secondary N) is 2. The van der Waals surface area contributed by atoms with Crippen molar-refractivity contribution in [2.45, 2.75) is 74.9 Å². The third-order valence-electron chi connectivity index (χ3n) is 9.37. The van der Waals surface area contributed by atoms with E-state index in [9.17, 15) is 40.2 Å². The van der Waals surface area contributed by atoms with Gasteiger partial charge >= 0.3 is 11.9 Å². The van der Waals surface area contributed by atoms with Crippen molar-refractivity contribution in [1.82, 2.24) is 15.5 Å². The predicted molar refractivity (Wildman–Crippen MR) is 189 cm³/mol. The van der Waals surface area contributed by atoms with Gasteiger partial charge in [-0.05, 0) is 39.2 Å². The molecular weight excluding hydrogens is 714 g/mol. The molecule has 7 unspecified atom stereocenters. The van der Waals surface area contributed by atoms with Crippen LogP contribution in [0.1, 0.15) is 32.1 Å². The van der Waals surface area contributed by atoms with Gasteiger partial charge in [0.2, 0.25) is 12.1 Å². The number of carboxylic acids is 1. The van der Waals surface area contributed by atoms with E-state index >= 15 is 0 Å². The summed E-state index contributed by atoms with van der Waals surface area (Å²) in [6.07, 6.45) is 2.43. The van der Waals surface area contributed by atoms with Crippen LogP contribution in [0.4, 0.5) is 0 Å². The van der Waals surface area contributed by atoms with Gasteiger partial charge in [0, 0.05) is 37.4 Å². The van der Waals surface area contributed by atoms with Gasteiger partial charge in [-0.3, -0.25) is 10.3 Å². The molecule has 302 valence electrons. The molecule has 7 atom stereocenters. The van der Waals surface area contributed by atoms with Crippen molar-refractivity contribution >= 4 is 17.9 Å². The minimum Gasteiger partial charge on any atom is -0.478 e. The van der Waals surface area contributed by atoms with Crippen molar-refractivity contribution in [2.75, 3.05) is 53.2 Å². The summed E-state index contributed by atoms with van der Waals surface area (Å²) < 4.78 is 29.1. The minimum atomic E-state index is -2.94. The Morgan fingerprint density at radius 1 is 1.19 bits per heavy atom. The summed E-state index contributed by atoms with van der Waals surface area (Å²) in [6.45, 7) is 2.72. The molecule has 0 amide bonds. The number of rotatable bonds is 18. The molecule has 2 fully saturated rings. The van der Waals surface area contributed by atoms with E-state index in [0.717, 1.165) is 19.1 Å². The monoisotopic (exact) mass is 767 g/mol. The number of hydrogen-bond donors (Lipinski definition) is 10. The first kappa shape index (κ1) is 42.8. The first-order chi connectivity index (χ1) is 25.9. The van der Waals surface area contributed by atoms with Gasteiger partial charge in [-0.2, -0.15) is 0 Å². The molecule has 4 rings (SSSR count). The molecule has 0 radical (unpaired) electrons. The Balaban J connectivity index is 1.74. The summed E-state index contributed by atoms with van der Waals surface area (Å²) in [5.41, 5.74) is 6.48. The lowest BCUT2D eigenvalue weighted by molar-refractivity contribution is -0.410. The van der Waals surface area contributed by atoms with Crippen LogP contribution in [0.2, 0.25) is 0 Å². The molecule has 11 N–H and O–H groups in total. The van der Waals surface area contributed by atoms with Gasteiger partial charge < -0.3 is 75.4 Å². The third kappa shape index (κ3) is 10.4. The topological polar surface area (TPSA) is 288 Å².